The predicted octanol–water partition coefficient (Wildman–Crippen LogP) is 2.94. The van der Waals surface area contributed by atoms with Gasteiger partial charge < -0.3 is 15.5 Å². The molecule has 3 amide bonds. The van der Waals surface area contributed by atoms with E-state index in [-0.39, 0.29) is 42.3 Å². The molecule has 9 heteroatoms. The van der Waals surface area contributed by atoms with Crippen molar-refractivity contribution in [3.8, 4) is 6.07 Å². The number of nitrogens with one attached hydrogen (secondary N) is 2. The van der Waals surface area contributed by atoms with E-state index in [1.54, 1.807) is 24.3 Å². The van der Waals surface area contributed by atoms with Crippen LogP contribution in [0.15, 0.2) is 24.3 Å². The maximum Gasteiger partial charge on any atom is 0.251 e. The first-order chi connectivity index (χ1) is 17.8. The predicted molar refractivity (Wildman–Crippen MR) is 139 cm³/mol. The van der Waals surface area contributed by atoms with Gasteiger partial charge in [-0.05, 0) is 61.3 Å². The summed E-state index contributed by atoms with van der Waals surface area (Å²) in [6.07, 6.45) is 7.58. The van der Waals surface area contributed by atoms with Crippen molar-refractivity contribution in [1.29, 1.82) is 5.26 Å². The maximum atomic E-state index is 13.4. The molecule has 37 heavy (non-hydrogen) atoms. The number of likely N-dealkylation sites (tertiary alicyclic amines) is 1. The maximum absolute atomic E-state index is 13.4. The Morgan fingerprint density at radius 3 is 2.38 bits per heavy atom. The molecule has 1 saturated carbocycles. The second-order valence-electron chi connectivity index (χ2n) is 10.9. The molecule has 0 aromatic heterocycles. The van der Waals surface area contributed by atoms with Crippen molar-refractivity contribution < 1.29 is 19.6 Å². The monoisotopic (exact) mass is 511 g/mol. The third kappa shape index (κ3) is 8.54. The Morgan fingerprint density at radius 2 is 1.81 bits per heavy atom. The van der Waals surface area contributed by atoms with Crippen molar-refractivity contribution in [3.05, 3.63) is 35.4 Å². The minimum atomic E-state index is -0.348. The topological polar surface area (TPSA) is 126 Å². The molecule has 1 aliphatic carbocycles. The fourth-order valence-electron chi connectivity index (χ4n) is 5.56. The summed E-state index contributed by atoms with van der Waals surface area (Å²) in [6.45, 7) is 6.02. The second kappa shape index (κ2) is 14.1. The van der Waals surface area contributed by atoms with E-state index in [0.717, 1.165) is 6.42 Å². The highest BCUT2D eigenvalue weighted by atomic mass is 16.5. The summed E-state index contributed by atoms with van der Waals surface area (Å²) in [6, 6.07) is 8.25. The molecular formula is C28H41N5O4. The Balaban J connectivity index is 1.50. The van der Waals surface area contributed by atoms with Gasteiger partial charge in [0.15, 0.2) is 0 Å². The van der Waals surface area contributed by atoms with Crippen LogP contribution in [0.5, 0.6) is 0 Å². The Morgan fingerprint density at radius 1 is 1.16 bits per heavy atom. The van der Waals surface area contributed by atoms with Gasteiger partial charge in [-0.2, -0.15) is 5.26 Å². The standard InChI is InChI=1S/C28H41N5O4/c1-20(2)26(30-17-23(18-33(37)19-34)15-21-5-3-4-6-21)28(36)32-13-11-25(12-14-32)31-27(35)24-9-7-22(16-29)8-10-24/h7-10,19-21,23,25-26,30,37H,3-6,11-15,17-18H2,1-2H3,(H,31,35)/t23-,26-/m0/s1. The average molecular weight is 512 g/mol. The van der Waals surface area contributed by atoms with Crippen LogP contribution in [0.1, 0.15) is 74.7 Å². The molecule has 1 aromatic rings. The van der Waals surface area contributed by atoms with Gasteiger partial charge in [0, 0.05) is 31.2 Å². The molecular weight excluding hydrogens is 470 g/mol. The lowest BCUT2D eigenvalue weighted by Gasteiger charge is -2.36. The first-order valence-electron chi connectivity index (χ1n) is 13.5. The molecule has 202 valence electrons. The van der Waals surface area contributed by atoms with Gasteiger partial charge in [0.05, 0.1) is 24.2 Å². The lowest BCUT2D eigenvalue weighted by Crippen LogP contribution is -2.54. The zero-order valence-electron chi connectivity index (χ0n) is 22.1. The molecule has 2 fully saturated rings. The first-order valence-corrected chi connectivity index (χ1v) is 13.5. The Bertz CT molecular complexity index is 931. The summed E-state index contributed by atoms with van der Waals surface area (Å²) in [4.78, 5) is 38.9. The van der Waals surface area contributed by atoms with E-state index in [2.05, 4.69) is 10.6 Å². The fraction of sp³-hybridized carbons (Fsp3) is 0.643. The quantitative estimate of drug-likeness (QED) is 0.225. The van der Waals surface area contributed by atoms with Crippen LogP contribution < -0.4 is 10.6 Å². The van der Waals surface area contributed by atoms with Crippen molar-refractivity contribution in [2.75, 3.05) is 26.2 Å². The van der Waals surface area contributed by atoms with Gasteiger partial charge in [0.1, 0.15) is 0 Å². The lowest BCUT2D eigenvalue weighted by molar-refractivity contribution is -0.152. The van der Waals surface area contributed by atoms with E-state index in [9.17, 15) is 19.6 Å². The SMILES string of the molecule is CC(C)[C@H](NC[C@H](CC1CCCC1)CN(O)C=O)C(=O)N1CCC(NC(=O)c2ccc(C#N)cc2)CC1. The lowest BCUT2D eigenvalue weighted by atomic mass is 9.92. The third-order valence-corrected chi connectivity index (χ3v) is 7.69. The van der Waals surface area contributed by atoms with Gasteiger partial charge in [0.2, 0.25) is 12.3 Å². The Kier molecular flexibility index (Phi) is 10.9. The number of carbonyl (C=O) groups excluding carboxylic acids is 3. The number of hydroxylamine groups is 2. The highest BCUT2D eigenvalue weighted by molar-refractivity contribution is 5.94. The molecule has 2 atom stereocenters. The summed E-state index contributed by atoms with van der Waals surface area (Å²) >= 11 is 0. The molecule has 9 nitrogen and oxygen atoms in total. The number of carbonyl (C=O) groups is 3. The van der Waals surface area contributed by atoms with Crippen LogP contribution in [0, 0.1) is 29.1 Å². The van der Waals surface area contributed by atoms with E-state index in [1.165, 1.54) is 25.7 Å². The summed E-state index contributed by atoms with van der Waals surface area (Å²) in [5.74, 6) is 0.666. The highest BCUT2D eigenvalue weighted by Gasteiger charge is 2.31. The number of benzene rings is 1. The third-order valence-electron chi connectivity index (χ3n) is 7.69. The summed E-state index contributed by atoms with van der Waals surface area (Å²) < 4.78 is 0. The molecule has 1 saturated heterocycles. The van der Waals surface area contributed by atoms with E-state index in [0.29, 0.717) is 61.0 Å². The molecule has 1 aliphatic heterocycles. The summed E-state index contributed by atoms with van der Waals surface area (Å²) in [7, 11) is 0. The number of rotatable bonds is 12. The number of amides is 3. The van der Waals surface area contributed by atoms with Gasteiger partial charge >= 0.3 is 0 Å². The van der Waals surface area contributed by atoms with Gasteiger partial charge in [-0.3, -0.25) is 19.6 Å². The van der Waals surface area contributed by atoms with Crippen molar-refractivity contribution in [2.24, 2.45) is 17.8 Å². The van der Waals surface area contributed by atoms with Gasteiger partial charge in [0.25, 0.3) is 5.91 Å². The van der Waals surface area contributed by atoms with E-state index in [1.807, 2.05) is 24.8 Å². The van der Waals surface area contributed by atoms with E-state index >= 15 is 0 Å². The van der Waals surface area contributed by atoms with Crippen LogP contribution in [-0.2, 0) is 9.59 Å². The van der Waals surface area contributed by atoms with Gasteiger partial charge in [-0.15, -0.1) is 0 Å². The molecule has 0 radical (unpaired) electrons. The van der Waals surface area contributed by atoms with Crippen molar-refractivity contribution >= 4 is 18.2 Å². The zero-order valence-corrected chi connectivity index (χ0v) is 22.1. The number of hydrogen-bond donors (Lipinski definition) is 3. The molecule has 1 heterocycles. The Hall–Kier alpha value is -2.96. The van der Waals surface area contributed by atoms with Crippen LogP contribution >= 0.6 is 0 Å². The van der Waals surface area contributed by atoms with Crippen molar-refractivity contribution in [1.82, 2.24) is 20.6 Å². The number of nitrogens with zero attached hydrogens (tertiary/aromatic N) is 3. The minimum absolute atomic E-state index is 0.00711. The smallest absolute Gasteiger partial charge is 0.251 e. The zero-order chi connectivity index (χ0) is 26.8. The largest absolute Gasteiger partial charge is 0.349 e. The van der Waals surface area contributed by atoms with Gasteiger partial charge in [-0.25, -0.2) is 5.06 Å². The van der Waals surface area contributed by atoms with Crippen molar-refractivity contribution in [2.45, 2.75) is 70.9 Å². The number of hydrogen-bond acceptors (Lipinski definition) is 6. The highest BCUT2D eigenvalue weighted by Crippen LogP contribution is 2.30. The molecule has 1 aromatic carbocycles. The fourth-order valence-corrected chi connectivity index (χ4v) is 5.56. The van der Waals surface area contributed by atoms with Crippen LogP contribution in [-0.4, -0.2) is 71.7 Å². The number of nitriles is 1. The molecule has 3 N–H and O–H groups in total. The minimum Gasteiger partial charge on any atom is -0.349 e. The summed E-state index contributed by atoms with van der Waals surface area (Å²) in [5.41, 5.74) is 1.03. The van der Waals surface area contributed by atoms with Gasteiger partial charge in [-0.1, -0.05) is 39.5 Å². The van der Waals surface area contributed by atoms with Crippen LogP contribution in [0.4, 0.5) is 0 Å². The van der Waals surface area contributed by atoms with Crippen LogP contribution in [0.25, 0.3) is 0 Å². The number of piperidine rings is 1. The normalized spacial score (nSPS) is 18.3. The summed E-state index contributed by atoms with van der Waals surface area (Å²) in [5, 5.41) is 25.9. The Labute approximate surface area is 220 Å². The average Bonchev–Trinajstić information content (AvgIpc) is 3.41. The molecule has 0 unspecified atom stereocenters. The first kappa shape index (κ1) is 28.6. The van der Waals surface area contributed by atoms with E-state index in [4.69, 9.17) is 5.26 Å². The van der Waals surface area contributed by atoms with Crippen LogP contribution in [0.3, 0.4) is 0 Å². The van der Waals surface area contributed by atoms with Crippen LogP contribution in [0.2, 0.25) is 0 Å². The van der Waals surface area contributed by atoms with E-state index < -0.39 is 0 Å². The van der Waals surface area contributed by atoms with Crippen molar-refractivity contribution in [3.63, 3.8) is 0 Å². The molecule has 2 aliphatic rings. The molecule has 0 bridgehead atoms. The molecule has 0 spiro atoms. The second-order valence-corrected chi connectivity index (χ2v) is 10.9. The molecule has 3 rings (SSSR count).